The molecule has 0 radical (unpaired) electrons. The molecule has 0 aromatic heterocycles. The van der Waals surface area contributed by atoms with Gasteiger partial charge >= 0.3 is 5.97 Å². The molecule has 3 atom stereocenters. The molecule has 1 heterocycles. The van der Waals surface area contributed by atoms with Crippen LogP contribution in [0.3, 0.4) is 0 Å². The number of benzene rings is 1. The molecule has 2 aliphatic rings. The van der Waals surface area contributed by atoms with Gasteiger partial charge in [0.05, 0.1) is 17.5 Å². The molecule has 1 fully saturated rings. The Bertz CT molecular complexity index is 901. The zero-order valence-electron chi connectivity index (χ0n) is 17.9. The van der Waals surface area contributed by atoms with E-state index in [-0.39, 0.29) is 24.2 Å². The van der Waals surface area contributed by atoms with Gasteiger partial charge in [-0.15, -0.1) is 0 Å². The van der Waals surface area contributed by atoms with E-state index in [9.17, 15) is 19.2 Å². The molecule has 1 saturated heterocycles. The van der Waals surface area contributed by atoms with Crippen LogP contribution in [-0.4, -0.2) is 41.2 Å². The second kappa shape index (κ2) is 9.77. The third-order valence-corrected chi connectivity index (χ3v) is 6.22. The van der Waals surface area contributed by atoms with Crippen LogP contribution in [0, 0.1) is 24.7 Å². The Kier molecular flexibility index (Phi) is 7.30. The zero-order chi connectivity index (χ0) is 22.7. The highest BCUT2D eigenvalue weighted by Gasteiger charge is 2.51. The quantitative estimate of drug-likeness (QED) is 0.358. The van der Waals surface area contributed by atoms with Gasteiger partial charge in [-0.3, -0.25) is 19.3 Å². The van der Waals surface area contributed by atoms with Crippen LogP contribution in [0.25, 0.3) is 0 Å². The summed E-state index contributed by atoms with van der Waals surface area (Å²) in [6.07, 6.45) is 5.10. The predicted octanol–water partition coefficient (Wildman–Crippen LogP) is 3.61. The minimum absolute atomic E-state index is 0.0521. The normalized spacial score (nSPS) is 21.3. The molecule has 1 aromatic rings. The maximum absolute atomic E-state index is 12.9. The Balaban J connectivity index is 1.67. The lowest BCUT2D eigenvalue weighted by atomic mass is 9.85. The van der Waals surface area contributed by atoms with Gasteiger partial charge in [0.25, 0.3) is 5.91 Å². The van der Waals surface area contributed by atoms with E-state index >= 15 is 0 Å². The molecule has 0 spiro atoms. The van der Waals surface area contributed by atoms with E-state index in [1.807, 2.05) is 45.1 Å². The van der Waals surface area contributed by atoms with Gasteiger partial charge in [-0.25, -0.2) is 4.79 Å². The minimum Gasteiger partial charge on any atom is -0.454 e. The highest BCUT2D eigenvalue weighted by molar-refractivity contribution is 9.10. The molecule has 31 heavy (non-hydrogen) atoms. The van der Waals surface area contributed by atoms with Crippen molar-refractivity contribution in [2.45, 2.75) is 46.1 Å². The fourth-order valence-electron chi connectivity index (χ4n) is 4.03. The smallest absolute Gasteiger partial charge is 0.329 e. The highest BCUT2D eigenvalue weighted by atomic mass is 79.9. The molecular formula is C23H27BrN2O5. The lowest BCUT2D eigenvalue weighted by Gasteiger charge is -2.26. The Labute approximate surface area is 190 Å². The van der Waals surface area contributed by atoms with E-state index in [1.54, 1.807) is 6.07 Å². The van der Waals surface area contributed by atoms with Gasteiger partial charge in [-0.1, -0.05) is 32.1 Å². The number of nitrogens with zero attached hydrogens (tertiary/aromatic N) is 1. The summed E-state index contributed by atoms with van der Waals surface area (Å²) in [5.74, 6) is -2.66. The van der Waals surface area contributed by atoms with Crippen LogP contribution in [0.1, 0.15) is 38.7 Å². The lowest BCUT2D eigenvalue weighted by Crippen LogP contribution is -2.47. The molecule has 1 aliphatic heterocycles. The van der Waals surface area contributed by atoms with E-state index in [1.165, 1.54) is 0 Å². The number of carbonyl (C=O) groups excluding carboxylic acids is 4. The summed E-state index contributed by atoms with van der Waals surface area (Å²) in [7, 11) is 0. The number of rotatable bonds is 7. The van der Waals surface area contributed by atoms with Crippen molar-refractivity contribution in [1.29, 1.82) is 0 Å². The standard InChI is InChI=1S/C23H27BrN2O5/c1-13(2)10-19(26-21(28)15-6-4-5-7-16(15)22(26)29)23(30)31-12-20(27)25-18-9-8-14(3)11-17(18)24/h4-5,8-9,11,13,15-16,19H,6-7,10,12H2,1-3H3,(H,25,27). The molecule has 1 N–H and O–H groups in total. The number of fused-ring (bicyclic) bond motifs is 1. The second-order valence-electron chi connectivity index (χ2n) is 8.49. The molecule has 8 heteroatoms. The average Bonchev–Trinajstić information content (AvgIpc) is 2.97. The van der Waals surface area contributed by atoms with Crippen LogP contribution in [-0.2, 0) is 23.9 Å². The molecule has 3 amide bonds. The minimum atomic E-state index is -1.02. The zero-order valence-corrected chi connectivity index (χ0v) is 19.5. The van der Waals surface area contributed by atoms with Crippen LogP contribution < -0.4 is 5.32 Å². The highest BCUT2D eigenvalue weighted by Crippen LogP contribution is 2.37. The number of esters is 1. The van der Waals surface area contributed by atoms with Gasteiger partial charge < -0.3 is 10.1 Å². The van der Waals surface area contributed by atoms with Crippen molar-refractivity contribution in [1.82, 2.24) is 4.90 Å². The van der Waals surface area contributed by atoms with Crippen molar-refractivity contribution in [2.24, 2.45) is 17.8 Å². The summed E-state index contributed by atoms with van der Waals surface area (Å²) in [5, 5.41) is 2.68. The first-order chi connectivity index (χ1) is 14.7. The molecule has 0 bridgehead atoms. The Morgan fingerprint density at radius 1 is 1.16 bits per heavy atom. The van der Waals surface area contributed by atoms with Crippen LogP contribution >= 0.6 is 15.9 Å². The number of carbonyl (C=O) groups is 4. The Morgan fingerprint density at radius 2 is 1.77 bits per heavy atom. The molecule has 3 rings (SSSR count). The van der Waals surface area contributed by atoms with E-state index in [0.717, 1.165) is 10.5 Å². The summed E-state index contributed by atoms with van der Waals surface area (Å²) in [6, 6.07) is 4.44. The number of ether oxygens (including phenoxy) is 1. The van der Waals surface area contributed by atoms with Crippen molar-refractivity contribution in [3.05, 3.63) is 40.4 Å². The first-order valence-electron chi connectivity index (χ1n) is 10.4. The van der Waals surface area contributed by atoms with Gasteiger partial charge in [0, 0.05) is 4.47 Å². The number of allylic oxidation sites excluding steroid dienone is 2. The summed E-state index contributed by atoms with van der Waals surface area (Å²) in [4.78, 5) is 52.0. The van der Waals surface area contributed by atoms with Crippen LogP contribution in [0.2, 0.25) is 0 Å². The summed E-state index contributed by atoms with van der Waals surface area (Å²) in [5.41, 5.74) is 1.59. The third-order valence-electron chi connectivity index (χ3n) is 5.56. The molecular weight excluding hydrogens is 464 g/mol. The van der Waals surface area contributed by atoms with E-state index < -0.39 is 36.4 Å². The predicted molar refractivity (Wildman–Crippen MR) is 119 cm³/mol. The fourth-order valence-corrected chi connectivity index (χ4v) is 4.62. The number of hydrogen-bond donors (Lipinski definition) is 1. The maximum Gasteiger partial charge on any atom is 0.329 e. The van der Waals surface area contributed by atoms with Crippen molar-refractivity contribution in [3.63, 3.8) is 0 Å². The van der Waals surface area contributed by atoms with E-state index in [2.05, 4.69) is 21.2 Å². The fraction of sp³-hybridized carbons (Fsp3) is 0.478. The first kappa shape index (κ1) is 23.2. The number of amides is 3. The van der Waals surface area contributed by atoms with Crippen LogP contribution in [0.5, 0.6) is 0 Å². The molecule has 3 unspecified atom stereocenters. The van der Waals surface area contributed by atoms with Gasteiger partial charge in [-0.05, 0) is 65.7 Å². The Morgan fingerprint density at radius 3 is 2.32 bits per heavy atom. The number of nitrogens with one attached hydrogen (secondary N) is 1. The topological polar surface area (TPSA) is 92.8 Å². The second-order valence-corrected chi connectivity index (χ2v) is 9.34. The Hall–Kier alpha value is -2.48. The number of imide groups is 1. The van der Waals surface area contributed by atoms with Gasteiger partial charge in [-0.2, -0.15) is 0 Å². The molecule has 7 nitrogen and oxygen atoms in total. The van der Waals surface area contributed by atoms with Gasteiger partial charge in [0.15, 0.2) is 6.61 Å². The average molecular weight is 491 g/mol. The third kappa shape index (κ3) is 5.23. The van der Waals surface area contributed by atoms with Crippen molar-refractivity contribution >= 4 is 45.3 Å². The van der Waals surface area contributed by atoms with Crippen LogP contribution in [0.15, 0.2) is 34.8 Å². The van der Waals surface area contributed by atoms with Crippen LogP contribution in [0.4, 0.5) is 5.69 Å². The molecule has 1 aliphatic carbocycles. The van der Waals surface area contributed by atoms with Gasteiger partial charge in [0.2, 0.25) is 11.8 Å². The van der Waals surface area contributed by atoms with Crippen molar-refractivity contribution < 1.29 is 23.9 Å². The summed E-state index contributed by atoms with van der Waals surface area (Å²) < 4.78 is 5.95. The molecule has 166 valence electrons. The van der Waals surface area contributed by atoms with E-state index in [0.29, 0.717) is 23.0 Å². The lowest BCUT2D eigenvalue weighted by molar-refractivity contribution is -0.160. The van der Waals surface area contributed by atoms with Gasteiger partial charge in [0.1, 0.15) is 6.04 Å². The summed E-state index contributed by atoms with van der Waals surface area (Å²) >= 11 is 3.38. The first-order valence-corrected chi connectivity index (χ1v) is 11.2. The molecule has 1 aromatic carbocycles. The number of likely N-dealkylation sites (tertiary alicyclic amines) is 1. The number of halogens is 1. The SMILES string of the molecule is Cc1ccc(NC(=O)COC(=O)C(CC(C)C)N2C(=O)C3CC=CCC3C2=O)c(Br)c1. The monoisotopic (exact) mass is 490 g/mol. The van der Waals surface area contributed by atoms with E-state index in [4.69, 9.17) is 4.74 Å². The van der Waals surface area contributed by atoms with Crippen molar-refractivity contribution in [3.8, 4) is 0 Å². The maximum atomic E-state index is 12.9. The molecule has 0 saturated carbocycles. The largest absolute Gasteiger partial charge is 0.454 e. The number of hydrogen-bond acceptors (Lipinski definition) is 5. The number of aryl methyl sites for hydroxylation is 1. The summed E-state index contributed by atoms with van der Waals surface area (Å²) in [6.45, 7) is 5.24. The number of anilines is 1. The van der Waals surface area contributed by atoms with Crippen molar-refractivity contribution in [2.75, 3.05) is 11.9 Å².